The molecule has 3 nitrogen and oxygen atoms in total. The molecule has 0 aliphatic heterocycles. The molecule has 16 heavy (non-hydrogen) atoms. The first-order valence-electron chi connectivity index (χ1n) is 5.64. The number of hydrogen-bond donors (Lipinski definition) is 1. The minimum atomic E-state index is 0.360. The molecule has 0 amide bonds. The van der Waals surface area contributed by atoms with Gasteiger partial charge in [0.15, 0.2) is 0 Å². The monoisotopic (exact) mass is 223 g/mol. The lowest BCUT2D eigenvalue weighted by Crippen LogP contribution is -2.33. The fraction of sp³-hybridized carbons (Fsp3) is 0.538. The maximum Gasteiger partial charge on any atom is 0.0701 e. The van der Waals surface area contributed by atoms with Gasteiger partial charge in [-0.15, -0.1) is 0 Å². The Bertz CT molecular complexity index is 264. The minimum Gasteiger partial charge on any atom is -0.382 e. The van der Waals surface area contributed by atoms with Crippen LogP contribution in [-0.4, -0.2) is 40.0 Å². The van der Waals surface area contributed by atoms with Crippen molar-refractivity contribution >= 4 is 0 Å². The highest BCUT2D eigenvalue weighted by Gasteiger charge is 2.06. The second-order valence-corrected chi connectivity index (χ2v) is 3.74. The first-order chi connectivity index (χ1) is 7.86. The van der Waals surface area contributed by atoms with Gasteiger partial charge in [-0.25, -0.2) is 0 Å². The van der Waals surface area contributed by atoms with E-state index in [2.05, 4.69) is 29.6 Å². The summed E-state index contributed by atoms with van der Waals surface area (Å²) >= 11 is 0. The molecule has 0 heterocycles. The van der Waals surface area contributed by atoms with E-state index in [0.717, 1.165) is 13.0 Å². The zero-order valence-corrected chi connectivity index (χ0v) is 10.1. The Morgan fingerprint density at radius 2 is 1.94 bits per heavy atom. The highest BCUT2D eigenvalue weighted by molar-refractivity contribution is 5.15. The molecular formula is C13H21NO2. The Hall–Kier alpha value is -0.900. The SMILES string of the molecule is CNC(COCCOC)Cc1ccccc1. The van der Waals surface area contributed by atoms with Crippen molar-refractivity contribution in [1.29, 1.82) is 0 Å². The molecule has 0 radical (unpaired) electrons. The van der Waals surface area contributed by atoms with Crippen molar-refractivity contribution in [3.8, 4) is 0 Å². The van der Waals surface area contributed by atoms with E-state index in [1.807, 2.05) is 13.1 Å². The van der Waals surface area contributed by atoms with Crippen LogP contribution in [-0.2, 0) is 15.9 Å². The highest BCUT2D eigenvalue weighted by atomic mass is 16.5. The second kappa shape index (κ2) is 8.28. The van der Waals surface area contributed by atoms with Crippen molar-refractivity contribution < 1.29 is 9.47 Å². The molecule has 1 unspecified atom stereocenters. The average molecular weight is 223 g/mol. The summed E-state index contributed by atoms with van der Waals surface area (Å²) < 4.78 is 10.4. The molecule has 1 aromatic carbocycles. The van der Waals surface area contributed by atoms with Crippen LogP contribution in [0.1, 0.15) is 5.56 Å². The van der Waals surface area contributed by atoms with Crippen LogP contribution in [0, 0.1) is 0 Å². The molecular weight excluding hydrogens is 202 g/mol. The summed E-state index contributed by atoms with van der Waals surface area (Å²) in [7, 11) is 3.65. The molecule has 0 fully saturated rings. The van der Waals surface area contributed by atoms with Crippen molar-refractivity contribution in [2.75, 3.05) is 34.0 Å². The molecule has 0 bridgehead atoms. The van der Waals surface area contributed by atoms with Crippen LogP contribution in [0.3, 0.4) is 0 Å². The lowest BCUT2D eigenvalue weighted by molar-refractivity contribution is 0.0598. The predicted octanol–water partition coefficient (Wildman–Crippen LogP) is 1.48. The largest absolute Gasteiger partial charge is 0.382 e. The molecule has 0 spiro atoms. The summed E-state index contributed by atoms with van der Waals surface area (Å²) in [6, 6.07) is 10.8. The first kappa shape index (κ1) is 13.2. The van der Waals surface area contributed by atoms with Crippen LogP contribution in [0.15, 0.2) is 30.3 Å². The van der Waals surface area contributed by atoms with Crippen molar-refractivity contribution in [2.45, 2.75) is 12.5 Å². The number of benzene rings is 1. The molecule has 0 aliphatic rings. The number of hydrogen-bond acceptors (Lipinski definition) is 3. The van der Waals surface area contributed by atoms with Gasteiger partial charge in [0.2, 0.25) is 0 Å². The summed E-state index contributed by atoms with van der Waals surface area (Å²) in [6.07, 6.45) is 0.990. The summed E-state index contributed by atoms with van der Waals surface area (Å²) in [6.45, 7) is 2.03. The fourth-order valence-corrected chi connectivity index (χ4v) is 1.51. The zero-order valence-electron chi connectivity index (χ0n) is 10.1. The number of ether oxygens (including phenoxy) is 2. The maximum atomic E-state index is 5.51. The number of methoxy groups -OCH3 is 1. The number of rotatable bonds is 8. The Labute approximate surface area is 97.8 Å². The minimum absolute atomic E-state index is 0.360. The highest BCUT2D eigenvalue weighted by Crippen LogP contribution is 2.03. The summed E-state index contributed by atoms with van der Waals surface area (Å²) in [5.74, 6) is 0. The quantitative estimate of drug-likeness (QED) is 0.677. The van der Waals surface area contributed by atoms with E-state index in [0.29, 0.717) is 19.3 Å². The lowest BCUT2D eigenvalue weighted by atomic mass is 10.1. The van der Waals surface area contributed by atoms with E-state index in [4.69, 9.17) is 9.47 Å². The van der Waals surface area contributed by atoms with Gasteiger partial charge in [0.1, 0.15) is 0 Å². The topological polar surface area (TPSA) is 30.5 Å². The van der Waals surface area contributed by atoms with E-state index in [1.165, 1.54) is 5.56 Å². The molecule has 0 saturated carbocycles. The molecule has 3 heteroatoms. The third kappa shape index (κ3) is 5.26. The third-order valence-corrected chi connectivity index (χ3v) is 2.48. The van der Waals surface area contributed by atoms with Crippen LogP contribution in [0.4, 0.5) is 0 Å². The van der Waals surface area contributed by atoms with Gasteiger partial charge >= 0.3 is 0 Å². The van der Waals surface area contributed by atoms with E-state index < -0.39 is 0 Å². The van der Waals surface area contributed by atoms with Crippen molar-refractivity contribution in [1.82, 2.24) is 5.32 Å². The second-order valence-electron chi connectivity index (χ2n) is 3.74. The number of likely N-dealkylation sites (N-methyl/N-ethyl adjacent to an activating group) is 1. The van der Waals surface area contributed by atoms with Crippen molar-refractivity contribution in [3.05, 3.63) is 35.9 Å². The van der Waals surface area contributed by atoms with Crippen LogP contribution in [0.5, 0.6) is 0 Å². The average Bonchev–Trinajstić information content (AvgIpc) is 2.34. The van der Waals surface area contributed by atoms with E-state index in [-0.39, 0.29) is 0 Å². The summed E-state index contributed by atoms with van der Waals surface area (Å²) in [5.41, 5.74) is 1.33. The third-order valence-electron chi connectivity index (χ3n) is 2.48. The molecule has 90 valence electrons. The fourth-order valence-electron chi connectivity index (χ4n) is 1.51. The van der Waals surface area contributed by atoms with Crippen LogP contribution in [0.2, 0.25) is 0 Å². The Morgan fingerprint density at radius 3 is 2.56 bits per heavy atom. The van der Waals surface area contributed by atoms with Gasteiger partial charge in [-0.1, -0.05) is 30.3 Å². The van der Waals surface area contributed by atoms with Gasteiger partial charge < -0.3 is 14.8 Å². The van der Waals surface area contributed by atoms with Gasteiger partial charge in [0.05, 0.1) is 19.8 Å². The number of nitrogens with one attached hydrogen (secondary N) is 1. The van der Waals surface area contributed by atoms with Crippen molar-refractivity contribution in [3.63, 3.8) is 0 Å². The summed E-state index contributed by atoms with van der Waals surface area (Å²) in [4.78, 5) is 0. The molecule has 0 aliphatic carbocycles. The zero-order chi connectivity index (χ0) is 11.6. The molecule has 1 N–H and O–H groups in total. The van der Waals surface area contributed by atoms with Gasteiger partial charge in [-0.2, -0.15) is 0 Å². The Kier molecular flexibility index (Phi) is 6.81. The van der Waals surface area contributed by atoms with Gasteiger partial charge in [-0.3, -0.25) is 0 Å². The Morgan fingerprint density at radius 1 is 1.19 bits per heavy atom. The molecule has 1 atom stereocenters. The van der Waals surface area contributed by atoms with Crippen LogP contribution in [0.25, 0.3) is 0 Å². The molecule has 1 aromatic rings. The normalized spacial score (nSPS) is 12.6. The van der Waals surface area contributed by atoms with Gasteiger partial charge in [-0.05, 0) is 19.0 Å². The predicted molar refractivity (Wildman–Crippen MR) is 65.7 cm³/mol. The standard InChI is InChI=1S/C13H21NO2/c1-14-13(11-16-9-8-15-2)10-12-6-4-3-5-7-12/h3-7,13-14H,8-11H2,1-2H3. The molecule has 0 aromatic heterocycles. The van der Waals surface area contributed by atoms with Crippen LogP contribution < -0.4 is 5.32 Å². The van der Waals surface area contributed by atoms with Crippen LogP contribution >= 0.6 is 0 Å². The Balaban J connectivity index is 2.26. The van der Waals surface area contributed by atoms with Crippen molar-refractivity contribution in [2.24, 2.45) is 0 Å². The van der Waals surface area contributed by atoms with E-state index in [1.54, 1.807) is 7.11 Å². The molecule has 0 saturated heterocycles. The first-order valence-corrected chi connectivity index (χ1v) is 5.64. The van der Waals surface area contributed by atoms with E-state index >= 15 is 0 Å². The maximum absolute atomic E-state index is 5.51. The summed E-state index contributed by atoms with van der Waals surface area (Å²) in [5, 5.41) is 3.26. The van der Waals surface area contributed by atoms with E-state index in [9.17, 15) is 0 Å². The molecule has 1 rings (SSSR count). The smallest absolute Gasteiger partial charge is 0.0701 e. The lowest BCUT2D eigenvalue weighted by Gasteiger charge is -2.16. The van der Waals surface area contributed by atoms with Gasteiger partial charge in [0, 0.05) is 13.2 Å². The van der Waals surface area contributed by atoms with Gasteiger partial charge in [0.25, 0.3) is 0 Å².